The quantitative estimate of drug-likeness (QED) is 0.792. The first-order valence-corrected chi connectivity index (χ1v) is 8.36. The number of piperidine rings is 1. The van der Waals surface area contributed by atoms with Crippen molar-refractivity contribution in [3.8, 4) is 11.3 Å². The summed E-state index contributed by atoms with van der Waals surface area (Å²) in [5.41, 5.74) is 3.03. The van der Waals surface area contributed by atoms with E-state index >= 15 is 0 Å². The van der Waals surface area contributed by atoms with Crippen LogP contribution in [0.25, 0.3) is 11.3 Å². The molecule has 0 amide bonds. The Morgan fingerprint density at radius 1 is 1.08 bits per heavy atom. The van der Waals surface area contributed by atoms with Crippen molar-refractivity contribution in [3.63, 3.8) is 0 Å². The molecule has 1 aliphatic heterocycles. The molecule has 1 aliphatic rings. The van der Waals surface area contributed by atoms with Gasteiger partial charge < -0.3 is 4.90 Å². The van der Waals surface area contributed by atoms with Crippen molar-refractivity contribution in [2.45, 2.75) is 18.8 Å². The Labute approximate surface area is 144 Å². The minimum absolute atomic E-state index is 0.465. The molecule has 0 saturated carbocycles. The second kappa shape index (κ2) is 6.57. The molecule has 3 aromatic rings. The molecule has 6 nitrogen and oxygen atoms in total. The molecule has 4 rings (SSSR count). The monoisotopic (exact) mass is 340 g/mol. The van der Waals surface area contributed by atoms with Gasteiger partial charge in [0.05, 0.1) is 10.7 Å². The minimum Gasteiger partial charge on any atom is -0.341 e. The maximum Gasteiger partial charge on any atom is 0.228 e. The molecule has 1 aromatic carbocycles. The molecule has 24 heavy (non-hydrogen) atoms. The van der Waals surface area contributed by atoms with Crippen LogP contribution in [0.2, 0.25) is 5.02 Å². The Morgan fingerprint density at radius 3 is 2.58 bits per heavy atom. The van der Waals surface area contributed by atoms with Crippen molar-refractivity contribution in [2.24, 2.45) is 0 Å². The van der Waals surface area contributed by atoms with Crippen LogP contribution in [-0.4, -0.2) is 38.2 Å². The van der Waals surface area contributed by atoms with Gasteiger partial charge in [-0.15, -0.1) is 0 Å². The SMILES string of the molecule is Clc1ccccc1-c1cc(C2CCN(c3ncncn3)CC2)[nH]n1. The Kier molecular flexibility index (Phi) is 4.13. The largest absolute Gasteiger partial charge is 0.341 e. The van der Waals surface area contributed by atoms with E-state index in [1.165, 1.54) is 5.69 Å². The summed E-state index contributed by atoms with van der Waals surface area (Å²) in [6.07, 6.45) is 5.16. The van der Waals surface area contributed by atoms with E-state index in [0.29, 0.717) is 5.92 Å². The van der Waals surface area contributed by atoms with Crippen LogP contribution in [0, 0.1) is 0 Å². The zero-order valence-electron chi connectivity index (χ0n) is 13.1. The molecule has 1 N–H and O–H groups in total. The van der Waals surface area contributed by atoms with Gasteiger partial charge in [0.25, 0.3) is 0 Å². The highest BCUT2D eigenvalue weighted by Gasteiger charge is 2.23. The molecule has 1 saturated heterocycles. The Balaban J connectivity index is 1.46. The van der Waals surface area contributed by atoms with Crippen molar-refractivity contribution in [1.29, 1.82) is 0 Å². The number of anilines is 1. The number of hydrogen-bond donors (Lipinski definition) is 1. The number of rotatable bonds is 3. The number of nitrogens with zero attached hydrogens (tertiary/aromatic N) is 5. The molecule has 0 atom stereocenters. The smallest absolute Gasteiger partial charge is 0.228 e. The second-order valence-electron chi connectivity index (χ2n) is 5.89. The van der Waals surface area contributed by atoms with Crippen LogP contribution in [0.3, 0.4) is 0 Å². The zero-order chi connectivity index (χ0) is 16.4. The Bertz CT molecular complexity index is 811. The predicted molar refractivity (Wildman–Crippen MR) is 93.0 cm³/mol. The first-order chi connectivity index (χ1) is 11.8. The molecule has 0 radical (unpaired) electrons. The first kappa shape index (κ1) is 15.1. The molecule has 0 spiro atoms. The summed E-state index contributed by atoms with van der Waals surface area (Å²) >= 11 is 6.26. The Hall–Kier alpha value is -2.47. The van der Waals surface area contributed by atoms with Gasteiger partial charge in [-0.2, -0.15) is 5.10 Å². The average molecular weight is 341 g/mol. The molecular weight excluding hydrogens is 324 g/mol. The molecule has 1 fully saturated rings. The molecule has 122 valence electrons. The van der Waals surface area contributed by atoms with E-state index in [0.717, 1.165) is 48.2 Å². The van der Waals surface area contributed by atoms with Gasteiger partial charge in [0.15, 0.2) is 0 Å². The number of aromatic nitrogens is 5. The topological polar surface area (TPSA) is 70.6 Å². The maximum absolute atomic E-state index is 6.26. The lowest BCUT2D eigenvalue weighted by Crippen LogP contribution is -2.34. The van der Waals surface area contributed by atoms with Gasteiger partial charge >= 0.3 is 0 Å². The normalized spacial score (nSPS) is 15.6. The second-order valence-corrected chi connectivity index (χ2v) is 6.30. The van der Waals surface area contributed by atoms with Gasteiger partial charge in [-0.25, -0.2) is 15.0 Å². The van der Waals surface area contributed by atoms with Crippen LogP contribution in [0.5, 0.6) is 0 Å². The molecule has 0 aliphatic carbocycles. The highest BCUT2D eigenvalue weighted by molar-refractivity contribution is 6.33. The number of H-pyrrole nitrogens is 1. The van der Waals surface area contributed by atoms with Crippen LogP contribution >= 0.6 is 11.6 Å². The average Bonchev–Trinajstić information content (AvgIpc) is 3.13. The summed E-state index contributed by atoms with van der Waals surface area (Å²) in [4.78, 5) is 14.5. The van der Waals surface area contributed by atoms with Gasteiger partial charge in [0.1, 0.15) is 12.7 Å². The van der Waals surface area contributed by atoms with E-state index in [-0.39, 0.29) is 0 Å². The minimum atomic E-state index is 0.465. The fourth-order valence-electron chi connectivity index (χ4n) is 3.14. The number of aromatic amines is 1. The van der Waals surface area contributed by atoms with Crippen molar-refractivity contribution in [2.75, 3.05) is 18.0 Å². The van der Waals surface area contributed by atoms with Crippen molar-refractivity contribution < 1.29 is 0 Å². The van der Waals surface area contributed by atoms with Crippen molar-refractivity contribution in [3.05, 3.63) is 53.7 Å². The van der Waals surface area contributed by atoms with E-state index < -0.39 is 0 Å². The Morgan fingerprint density at radius 2 is 1.83 bits per heavy atom. The van der Waals surface area contributed by atoms with Gasteiger partial charge in [0.2, 0.25) is 5.95 Å². The molecule has 0 unspecified atom stereocenters. The molecule has 2 aromatic heterocycles. The first-order valence-electron chi connectivity index (χ1n) is 7.98. The number of benzene rings is 1. The highest BCUT2D eigenvalue weighted by Crippen LogP contribution is 2.32. The molecule has 7 heteroatoms. The third-order valence-corrected chi connectivity index (χ3v) is 4.77. The van der Waals surface area contributed by atoms with Gasteiger partial charge in [0, 0.05) is 30.3 Å². The summed E-state index contributed by atoms with van der Waals surface area (Å²) in [5, 5.41) is 8.35. The van der Waals surface area contributed by atoms with Crippen LogP contribution in [0.4, 0.5) is 5.95 Å². The summed E-state index contributed by atoms with van der Waals surface area (Å²) in [5.74, 6) is 1.22. The highest BCUT2D eigenvalue weighted by atomic mass is 35.5. The van der Waals surface area contributed by atoms with Crippen LogP contribution in [0.15, 0.2) is 43.0 Å². The fraction of sp³-hybridized carbons (Fsp3) is 0.294. The number of halogens is 1. The maximum atomic E-state index is 6.26. The van der Waals surface area contributed by atoms with Crippen molar-refractivity contribution in [1.82, 2.24) is 25.1 Å². The molecule has 0 bridgehead atoms. The molecule has 3 heterocycles. The lowest BCUT2D eigenvalue weighted by molar-refractivity contribution is 0.489. The van der Waals surface area contributed by atoms with E-state index in [1.807, 2.05) is 24.3 Å². The fourth-order valence-corrected chi connectivity index (χ4v) is 3.37. The van der Waals surface area contributed by atoms with E-state index in [2.05, 4.69) is 36.1 Å². The van der Waals surface area contributed by atoms with Crippen LogP contribution in [-0.2, 0) is 0 Å². The third-order valence-electron chi connectivity index (χ3n) is 4.44. The van der Waals surface area contributed by atoms with E-state index in [4.69, 9.17) is 11.6 Å². The van der Waals surface area contributed by atoms with E-state index in [1.54, 1.807) is 12.7 Å². The summed E-state index contributed by atoms with van der Waals surface area (Å²) < 4.78 is 0. The third kappa shape index (κ3) is 2.97. The van der Waals surface area contributed by atoms with E-state index in [9.17, 15) is 0 Å². The van der Waals surface area contributed by atoms with Gasteiger partial charge in [-0.05, 0) is 25.0 Å². The van der Waals surface area contributed by atoms with Gasteiger partial charge in [-0.1, -0.05) is 29.8 Å². The predicted octanol–water partition coefficient (Wildman–Crippen LogP) is 3.30. The summed E-state index contributed by atoms with van der Waals surface area (Å²) in [6.45, 7) is 1.85. The zero-order valence-corrected chi connectivity index (χ0v) is 13.8. The number of hydrogen-bond acceptors (Lipinski definition) is 5. The lowest BCUT2D eigenvalue weighted by atomic mass is 9.93. The van der Waals surface area contributed by atoms with Crippen LogP contribution < -0.4 is 4.90 Å². The standard InChI is InChI=1S/C17H17ClN6/c18-14-4-2-1-3-13(14)16-9-15(22-23-16)12-5-7-24(8-6-12)17-20-10-19-11-21-17/h1-4,9-12H,5-8H2,(H,22,23). The van der Waals surface area contributed by atoms with Crippen LogP contribution in [0.1, 0.15) is 24.5 Å². The lowest BCUT2D eigenvalue weighted by Gasteiger charge is -2.31. The summed E-state index contributed by atoms with van der Waals surface area (Å²) in [6, 6.07) is 9.90. The van der Waals surface area contributed by atoms with Gasteiger partial charge in [-0.3, -0.25) is 5.10 Å². The summed E-state index contributed by atoms with van der Waals surface area (Å²) in [7, 11) is 0. The van der Waals surface area contributed by atoms with Crippen molar-refractivity contribution >= 4 is 17.5 Å². The molecular formula is C17H17ClN6. The number of nitrogens with one attached hydrogen (secondary N) is 1.